The third kappa shape index (κ3) is 4.22. The molecule has 0 saturated carbocycles. The Morgan fingerprint density at radius 3 is 2.80 bits per heavy atom. The minimum atomic E-state index is -0.296. The predicted octanol–water partition coefficient (Wildman–Crippen LogP) is 3.07. The molecule has 0 bridgehead atoms. The molecule has 0 spiro atoms. The molecule has 0 radical (unpaired) electrons. The van der Waals surface area contributed by atoms with Crippen LogP contribution in [0.2, 0.25) is 0 Å². The van der Waals surface area contributed by atoms with Crippen molar-refractivity contribution in [2.45, 2.75) is 52.7 Å². The van der Waals surface area contributed by atoms with Crippen molar-refractivity contribution in [2.75, 3.05) is 13.2 Å². The highest BCUT2D eigenvalue weighted by molar-refractivity contribution is 5.40. The fourth-order valence-corrected chi connectivity index (χ4v) is 2.69. The summed E-state index contributed by atoms with van der Waals surface area (Å²) in [5, 5.41) is 13.5. The quantitative estimate of drug-likeness (QED) is 0.869. The summed E-state index contributed by atoms with van der Waals surface area (Å²) in [5.74, 6) is 1.02. The minimum absolute atomic E-state index is 0.162. The van der Waals surface area contributed by atoms with Gasteiger partial charge in [0.05, 0.1) is 12.7 Å². The summed E-state index contributed by atoms with van der Waals surface area (Å²) >= 11 is 0. The van der Waals surface area contributed by atoms with Gasteiger partial charge in [0.2, 0.25) is 0 Å². The van der Waals surface area contributed by atoms with E-state index in [1.807, 2.05) is 0 Å². The Labute approximate surface area is 122 Å². The maximum Gasteiger partial charge on any atom is 0.122 e. The Balaban J connectivity index is 1.87. The number of fused-ring (bicyclic) bond motifs is 1. The van der Waals surface area contributed by atoms with Gasteiger partial charge in [0.15, 0.2) is 0 Å². The largest absolute Gasteiger partial charge is 0.493 e. The molecule has 3 nitrogen and oxygen atoms in total. The smallest absolute Gasteiger partial charge is 0.122 e. The number of ether oxygens (including phenoxy) is 1. The minimum Gasteiger partial charge on any atom is -0.493 e. The summed E-state index contributed by atoms with van der Waals surface area (Å²) in [6.07, 6.45) is 1.52. The number of hydrogen-bond donors (Lipinski definition) is 2. The average Bonchev–Trinajstić information content (AvgIpc) is 2.80. The molecule has 0 aliphatic carbocycles. The van der Waals surface area contributed by atoms with Gasteiger partial charge in [0.25, 0.3) is 0 Å². The van der Waals surface area contributed by atoms with E-state index in [2.05, 4.69) is 51.2 Å². The lowest BCUT2D eigenvalue weighted by atomic mass is 9.89. The summed E-state index contributed by atoms with van der Waals surface area (Å²) in [7, 11) is 0. The van der Waals surface area contributed by atoms with Gasteiger partial charge in [-0.25, -0.2) is 0 Å². The third-order valence-electron chi connectivity index (χ3n) is 3.72. The second-order valence-corrected chi connectivity index (χ2v) is 7.01. The monoisotopic (exact) mass is 277 g/mol. The van der Waals surface area contributed by atoms with Gasteiger partial charge in [-0.15, -0.1) is 0 Å². The zero-order chi connectivity index (χ0) is 14.8. The van der Waals surface area contributed by atoms with Crippen molar-refractivity contribution < 1.29 is 9.84 Å². The van der Waals surface area contributed by atoms with Gasteiger partial charge in [-0.05, 0) is 36.0 Å². The van der Waals surface area contributed by atoms with Gasteiger partial charge in [0, 0.05) is 19.0 Å². The van der Waals surface area contributed by atoms with Crippen LogP contribution in [0.4, 0.5) is 0 Å². The van der Waals surface area contributed by atoms with Crippen molar-refractivity contribution in [3.63, 3.8) is 0 Å². The first kappa shape index (κ1) is 15.3. The molecule has 2 atom stereocenters. The van der Waals surface area contributed by atoms with Crippen LogP contribution in [-0.2, 0) is 6.42 Å². The molecule has 1 aliphatic heterocycles. The molecule has 0 aromatic heterocycles. The molecular formula is C17H27NO2. The molecule has 1 heterocycles. The SMILES string of the molecule is CC(NCC(O)CC(C)(C)C)c1ccc2c(c1)CCO2. The molecule has 1 aromatic carbocycles. The van der Waals surface area contributed by atoms with E-state index >= 15 is 0 Å². The summed E-state index contributed by atoms with van der Waals surface area (Å²) in [6, 6.07) is 6.63. The molecule has 1 aliphatic rings. The number of benzene rings is 1. The van der Waals surface area contributed by atoms with Gasteiger partial charge in [-0.1, -0.05) is 32.9 Å². The van der Waals surface area contributed by atoms with E-state index in [0.717, 1.165) is 25.2 Å². The van der Waals surface area contributed by atoms with Crippen LogP contribution in [0.3, 0.4) is 0 Å². The zero-order valence-corrected chi connectivity index (χ0v) is 13.1. The molecule has 0 fully saturated rings. The summed E-state index contributed by atoms with van der Waals surface area (Å²) in [6.45, 7) is 10.0. The number of aliphatic hydroxyl groups excluding tert-OH is 1. The highest BCUT2D eigenvalue weighted by atomic mass is 16.5. The topological polar surface area (TPSA) is 41.5 Å². The van der Waals surface area contributed by atoms with Gasteiger partial charge in [-0.3, -0.25) is 0 Å². The number of aliphatic hydroxyl groups is 1. The Bertz CT molecular complexity index is 451. The van der Waals surface area contributed by atoms with Crippen LogP contribution in [0.15, 0.2) is 18.2 Å². The Kier molecular flexibility index (Phi) is 4.71. The van der Waals surface area contributed by atoms with E-state index < -0.39 is 0 Å². The van der Waals surface area contributed by atoms with E-state index in [9.17, 15) is 5.11 Å². The molecule has 3 heteroatoms. The fourth-order valence-electron chi connectivity index (χ4n) is 2.69. The van der Waals surface area contributed by atoms with Crippen LogP contribution in [0.1, 0.15) is 51.3 Å². The van der Waals surface area contributed by atoms with Crippen molar-refractivity contribution >= 4 is 0 Å². The van der Waals surface area contributed by atoms with Crippen LogP contribution in [0.5, 0.6) is 5.75 Å². The van der Waals surface area contributed by atoms with E-state index in [4.69, 9.17) is 4.74 Å². The van der Waals surface area contributed by atoms with Crippen LogP contribution in [0.25, 0.3) is 0 Å². The molecule has 2 rings (SSSR count). The molecule has 2 N–H and O–H groups in total. The number of nitrogens with one attached hydrogen (secondary N) is 1. The second kappa shape index (κ2) is 6.15. The predicted molar refractivity (Wildman–Crippen MR) is 82.1 cm³/mol. The Morgan fingerprint density at radius 1 is 1.35 bits per heavy atom. The molecule has 1 aromatic rings. The van der Waals surface area contributed by atoms with Gasteiger partial charge < -0.3 is 15.2 Å². The van der Waals surface area contributed by atoms with E-state index in [1.165, 1.54) is 11.1 Å². The van der Waals surface area contributed by atoms with E-state index in [1.54, 1.807) is 0 Å². The Hall–Kier alpha value is -1.06. The lowest BCUT2D eigenvalue weighted by molar-refractivity contribution is 0.117. The van der Waals surface area contributed by atoms with Gasteiger partial charge in [0.1, 0.15) is 5.75 Å². The molecule has 0 saturated heterocycles. The van der Waals surface area contributed by atoms with Crippen LogP contribution >= 0.6 is 0 Å². The lowest BCUT2D eigenvalue weighted by Gasteiger charge is -2.24. The normalized spacial score (nSPS) is 17.4. The molecule has 0 amide bonds. The van der Waals surface area contributed by atoms with Crippen LogP contribution < -0.4 is 10.1 Å². The molecular weight excluding hydrogens is 250 g/mol. The first-order chi connectivity index (χ1) is 9.35. The molecule has 112 valence electrons. The molecule has 2 unspecified atom stereocenters. The van der Waals surface area contributed by atoms with Crippen molar-refractivity contribution in [1.82, 2.24) is 5.32 Å². The highest BCUT2D eigenvalue weighted by Crippen LogP contribution is 2.28. The van der Waals surface area contributed by atoms with Crippen LogP contribution in [0, 0.1) is 5.41 Å². The van der Waals surface area contributed by atoms with E-state index in [0.29, 0.717) is 6.54 Å². The standard InChI is InChI=1S/C17H27NO2/c1-12(18-11-15(19)10-17(2,3)4)13-5-6-16-14(9-13)7-8-20-16/h5-6,9,12,15,18-19H,7-8,10-11H2,1-4H3. The van der Waals surface area contributed by atoms with E-state index in [-0.39, 0.29) is 17.6 Å². The van der Waals surface area contributed by atoms with Crippen molar-refractivity contribution in [2.24, 2.45) is 5.41 Å². The number of hydrogen-bond acceptors (Lipinski definition) is 3. The first-order valence-corrected chi connectivity index (χ1v) is 7.52. The third-order valence-corrected chi connectivity index (χ3v) is 3.72. The molecule has 20 heavy (non-hydrogen) atoms. The van der Waals surface area contributed by atoms with Gasteiger partial charge in [-0.2, -0.15) is 0 Å². The fraction of sp³-hybridized carbons (Fsp3) is 0.647. The van der Waals surface area contributed by atoms with Crippen molar-refractivity contribution in [3.8, 4) is 5.75 Å². The van der Waals surface area contributed by atoms with Crippen molar-refractivity contribution in [3.05, 3.63) is 29.3 Å². The van der Waals surface area contributed by atoms with Crippen molar-refractivity contribution in [1.29, 1.82) is 0 Å². The first-order valence-electron chi connectivity index (χ1n) is 7.52. The maximum absolute atomic E-state index is 10.1. The van der Waals surface area contributed by atoms with Crippen LogP contribution in [-0.4, -0.2) is 24.4 Å². The Morgan fingerprint density at radius 2 is 2.10 bits per heavy atom. The second-order valence-electron chi connectivity index (χ2n) is 7.01. The lowest BCUT2D eigenvalue weighted by Crippen LogP contribution is -2.31. The summed E-state index contributed by atoms with van der Waals surface area (Å²) in [4.78, 5) is 0. The number of rotatable bonds is 5. The maximum atomic E-state index is 10.1. The highest BCUT2D eigenvalue weighted by Gasteiger charge is 2.18. The van der Waals surface area contributed by atoms with Gasteiger partial charge >= 0.3 is 0 Å². The average molecular weight is 277 g/mol. The summed E-state index contributed by atoms with van der Waals surface area (Å²) in [5.41, 5.74) is 2.72. The zero-order valence-electron chi connectivity index (χ0n) is 13.1. The summed E-state index contributed by atoms with van der Waals surface area (Å²) < 4.78 is 5.53.